The lowest BCUT2D eigenvalue weighted by Crippen LogP contribution is -2.52. The second-order valence-corrected chi connectivity index (χ2v) is 7.96. The van der Waals surface area contributed by atoms with Crippen LogP contribution in [0.15, 0.2) is 59.2 Å². The third-order valence-electron chi connectivity index (χ3n) is 5.78. The molecular weight excluding hydrogens is 442 g/mol. The quantitative estimate of drug-likeness (QED) is 0.310. The molecule has 10 heteroatoms. The Morgan fingerprint density at radius 2 is 1.91 bits per heavy atom. The number of nitrogens with one attached hydrogen (secondary N) is 1. The number of methoxy groups -OCH3 is 1. The highest BCUT2D eigenvalue weighted by molar-refractivity contribution is 6.20. The van der Waals surface area contributed by atoms with E-state index in [9.17, 15) is 18.8 Å². The fourth-order valence-corrected chi connectivity index (χ4v) is 3.77. The van der Waals surface area contributed by atoms with Crippen molar-refractivity contribution in [2.24, 2.45) is 16.5 Å². The Labute approximate surface area is 196 Å². The highest BCUT2D eigenvalue weighted by atomic mass is 19.1. The van der Waals surface area contributed by atoms with Crippen LogP contribution < -0.4 is 26.4 Å². The lowest BCUT2D eigenvalue weighted by Gasteiger charge is -2.42. The van der Waals surface area contributed by atoms with E-state index in [1.807, 2.05) is 0 Å². The second-order valence-electron chi connectivity index (χ2n) is 7.96. The van der Waals surface area contributed by atoms with Gasteiger partial charge in [0, 0.05) is 31.0 Å². The average Bonchev–Trinajstić information content (AvgIpc) is 2.81. The number of nitriles is 1. The average molecular weight is 469 g/mol. The number of nitrogens with zero attached hydrogens (tertiary/aromatic N) is 3. The molecule has 1 aliphatic heterocycles. The van der Waals surface area contributed by atoms with E-state index in [4.69, 9.17) is 16.2 Å². The maximum atomic E-state index is 13.8. The van der Waals surface area contributed by atoms with Gasteiger partial charge in [-0.05, 0) is 49.2 Å². The number of ether oxygens (including phenoxy) is 1. The van der Waals surface area contributed by atoms with Crippen molar-refractivity contribution in [3.05, 3.63) is 65.9 Å². The number of piperidine rings is 1. The summed E-state index contributed by atoms with van der Waals surface area (Å²) >= 11 is 0. The first kappa shape index (κ1) is 24.5. The Kier molecular flexibility index (Phi) is 7.68. The van der Waals surface area contributed by atoms with Crippen LogP contribution in [0, 0.1) is 23.0 Å². The van der Waals surface area contributed by atoms with Crippen molar-refractivity contribution in [2.75, 3.05) is 25.1 Å². The van der Waals surface area contributed by atoms with E-state index in [1.165, 1.54) is 43.6 Å². The molecule has 8 nitrogen and oxygen atoms in total. The number of nitrogens with two attached hydrogens (primary N) is 2. The predicted octanol–water partition coefficient (Wildman–Crippen LogP) is 2.87. The van der Waals surface area contributed by atoms with Gasteiger partial charge < -0.3 is 26.4 Å². The summed E-state index contributed by atoms with van der Waals surface area (Å²) in [5, 5.41) is 12.6. The van der Waals surface area contributed by atoms with Crippen LogP contribution >= 0.6 is 0 Å². The summed E-state index contributed by atoms with van der Waals surface area (Å²) < 4.78 is 31.9. The summed E-state index contributed by atoms with van der Waals surface area (Å²) in [5.74, 6) is -1.62. The monoisotopic (exact) mass is 468 g/mol. The van der Waals surface area contributed by atoms with E-state index < -0.39 is 23.1 Å². The van der Waals surface area contributed by atoms with Crippen molar-refractivity contribution in [1.29, 1.82) is 5.26 Å². The van der Waals surface area contributed by atoms with Crippen LogP contribution in [0.5, 0.6) is 5.75 Å². The van der Waals surface area contributed by atoms with Gasteiger partial charge in [-0.25, -0.2) is 13.8 Å². The van der Waals surface area contributed by atoms with Gasteiger partial charge in [-0.3, -0.25) is 4.79 Å². The molecule has 1 aliphatic rings. The minimum absolute atomic E-state index is 0.0488. The molecule has 2 aromatic carbocycles. The Balaban J connectivity index is 1.77. The third-order valence-corrected chi connectivity index (χ3v) is 5.78. The first-order valence-corrected chi connectivity index (χ1v) is 10.6. The highest BCUT2D eigenvalue weighted by Crippen LogP contribution is 2.31. The number of hydrogen-bond donors (Lipinski definition) is 3. The number of carbonyl (C=O) groups is 1. The lowest BCUT2D eigenvalue weighted by atomic mass is 9.84. The summed E-state index contributed by atoms with van der Waals surface area (Å²) in [6.07, 6.45) is 2.71. The first-order valence-electron chi connectivity index (χ1n) is 10.6. The molecule has 2 aromatic rings. The molecule has 0 aromatic heterocycles. The zero-order valence-electron chi connectivity index (χ0n) is 18.7. The minimum atomic E-state index is -0.793. The van der Waals surface area contributed by atoms with Gasteiger partial charge in [0.2, 0.25) is 0 Å². The topological polar surface area (TPSA) is 130 Å². The summed E-state index contributed by atoms with van der Waals surface area (Å²) in [5.41, 5.74) is 12.0. The van der Waals surface area contributed by atoms with E-state index in [0.29, 0.717) is 31.6 Å². The van der Waals surface area contributed by atoms with Gasteiger partial charge in [0.1, 0.15) is 11.7 Å². The van der Waals surface area contributed by atoms with Crippen molar-refractivity contribution in [1.82, 2.24) is 5.32 Å². The number of carbonyl (C=O) groups excluding carboxylic acids is 1. The molecule has 1 amide bonds. The largest absolute Gasteiger partial charge is 0.494 e. The molecule has 0 radical (unpaired) electrons. The van der Waals surface area contributed by atoms with E-state index in [2.05, 4.69) is 21.3 Å². The van der Waals surface area contributed by atoms with Crippen LogP contribution in [0.2, 0.25) is 0 Å². The Morgan fingerprint density at radius 1 is 1.24 bits per heavy atom. The number of anilines is 1. The number of halogens is 2. The molecule has 1 heterocycles. The fourth-order valence-electron chi connectivity index (χ4n) is 3.77. The van der Waals surface area contributed by atoms with Crippen molar-refractivity contribution in [3.8, 4) is 11.8 Å². The van der Waals surface area contributed by atoms with Crippen LogP contribution in [-0.2, 0) is 4.79 Å². The van der Waals surface area contributed by atoms with Gasteiger partial charge in [0.05, 0.1) is 36.4 Å². The minimum Gasteiger partial charge on any atom is -0.494 e. The molecule has 5 N–H and O–H groups in total. The molecule has 178 valence electrons. The van der Waals surface area contributed by atoms with Gasteiger partial charge in [0.25, 0.3) is 5.91 Å². The van der Waals surface area contributed by atoms with Gasteiger partial charge in [-0.2, -0.15) is 5.26 Å². The molecule has 0 unspecified atom stereocenters. The summed E-state index contributed by atoms with van der Waals surface area (Å²) in [7, 11) is 1.41. The maximum Gasteiger partial charge on any atom is 0.253 e. The Morgan fingerprint density at radius 3 is 2.50 bits per heavy atom. The van der Waals surface area contributed by atoms with Gasteiger partial charge in [-0.1, -0.05) is 0 Å². The van der Waals surface area contributed by atoms with Gasteiger partial charge in [-0.15, -0.1) is 0 Å². The molecule has 1 fully saturated rings. The van der Waals surface area contributed by atoms with Crippen LogP contribution in [0.1, 0.15) is 19.3 Å². The molecule has 1 saturated heterocycles. The highest BCUT2D eigenvalue weighted by Gasteiger charge is 2.34. The number of hydrogen-bond acceptors (Lipinski definition) is 6. The smallest absolute Gasteiger partial charge is 0.253 e. The zero-order valence-corrected chi connectivity index (χ0v) is 18.7. The second kappa shape index (κ2) is 10.7. The van der Waals surface area contributed by atoms with Crippen LogP contribution in [0.25, 0.3) is 0 Å². The van der Waals surface area contributed by atoms with Gasteiger partial charge in [0.15, 0.2) is 11.6 Å². The van der Waals surface area contributed by atoms with Crippen molar-refractivity contribution in [3.63, 3.8) is 0 Å². The number of amides is 1. The summed E-state index contributed by atoms with van der Waals surface area (Å²) in [6, 6.07) is 12.2. The van der Waals surface area contributed by atoms with E-state index in [0.717, 1.165) is 5.69 Å². The van der Waals surface area contributed by atoms with Crippen LogP contribution in [0.4, 0.5) is 20.2 Å². The fraction of sp³-hybridized carbons (Fsp3) is 0.292. The zero-order chi connectivity index (χ0) is 24.7. The van der Waals surface area contributed by atoms with Crippen molar-refractivity contribution >= 4 is 23.1 Å². The number of primary amides is 1. The normalized spacial score (nSPS) is 16.0. The first-order chi connectivity index (χ1) is 16.3. The molecular formula is C24H26F2N6O2. The molecule has 0 spiro atoms. The number of benzene rings is 2. The van der Waals surface area contributed by atoms with E-state index >= 15 is 0 Å². The van der Waals surface area contributed by atoms with E-state index in [-0.39, 0.29) is 23.6 Å². The third kappa shape index (κ3) is 5.81. The Bertz CT molecular complexity index is 1130. The number of rotatable bonds is 8. The van der Waals surface area contributed by atoms with Crippen molar-refractivity contribution in [2.45, 2.75) is 24.8 Å². The molecule has 34 heavy (non-hydrogen) atoms. The molecule has 3 rings (SSSR count). The van der Waals surface area contributed by atoms with E-state index in [1.54, 1.807) is 12.1 Å². The standard InChI is InChI=1S/C24H26F2N6O2/c1-34-21-14-18(6-7-20(21)26)32-12-9-24(8-11-27,10-13-32)30-15-19(23(29)33)22(28)31-17-4-2-16(25)3-5-17/h2-7,14-15,30H,8-10,12-13H2,1H3,(H2,28,31)(H2,29,33)/b19-15+. The van der Waals surface area contributed by atoms with Crippen molar-refractivity contribution < 1.29 is 18.3 Å². The lowest BCUT2D eigenvalue weighted by molar-refractivity contribution is -0.114. The SMILES string of the molecule is COc1cc(N2CCC(CC#N)(N/C=C(/C(N)=O)C(N)=Nc3ccc(F)cc3)CC2)ccc1F. The maximum absolute atomic E-state index is 13.8. The van der Waals surface area contributed by atoms with Gasteiger partial charge >= 0.3 is 0 Å². The Hall–Kier alpha value is -4.13. The summed E-state index contributed by atoms with van der Waals surface area (Å²) in [6.45, 7) is 1.17. The molecule has 0 saturated carbocycles. The molecule has 0 atom stereocenters. The number of amidine groups is 1. The molecule has 0 aliphatic carbocycles. The molecule has 0 bridgehead atoms. The van der Waals surface area contributed by atoms with Crippen LogP contribution in [0.3, 0.4) is 0 Å². The van der Waals surface area contributed by atoms with Crippen LogP contribution in [-0.4, -0.2) is 37.5 Å². The summed E-state index contributed by atoms with van der Waals surface area (Å²) in [4.78, 5) is 18.2. The predicted molar refractivity (Wildman–Crippen MR) is 125 cm³/mol. The number of aliphatic imine (C=N–C) groups is 1.